The van der Waals surface area contributed by atoms with E-state index in [1.54, 1.807) is 0 Å². The highest BCUT2D eigenvalue weighted by molar-refractivity contribution is 5.42. The molecule has 0 radical (unpaired) electrons. The van der Waals surface area contributed by atoms with Gasteiger partial charge in [-0.3, -0.25) is 5.41 Å². The number of hydrogen-bond acceptors (Lipinski definition) is 2. The largest absolute Gasteiger partial charge is 0.478 e. The van der Waals surface area contributed by atoms with Gasteiger partial charge in [-0.05, 0) is 19.8 Å². The molecule has 1 saturated carbocycles. The van der Waals surface area contributed by atoms with Crippen LogP contribution in [-0.2, 0) is 4.74 Å². The molecule has 0 aromatic rings. The number of nitrogens with one attached hydrogen (secondary N) is 1. The maximum absolute atomic E-state index is 6.55. The third kappa shape index (κ3) is 0.918. The molecule has 0 aromatic carbocycles. The second-order valence-corrected chi connectivity index (χ2v) is 2.19. The fourth-order valence-electron chi connectivity index (χ4n) is 0.436. The monoisotopic (exact) mass is 99.1 g/mol. The summed E-state index contributed by atoms with van der Waals surface area (Å²) < 4.78 is 4.88. The van der Waals surface area contributed by atoms with Crippen molar-refractivity contribution in [3.05, 3.63) is 0 Å². The summed E-state index contributed by atoms with van der Waals surface area (Å²) in [5.41, 5.74) is 0.0573. The summed E-state index contributed by atoms with van der Waals surface area (Å²) in [6, 6.07) is 0. The minimum absolute atomic E-state index is 0.0573. The van der Waals surface area contributed by atoms with Crippen LogP contribution in [0.4, 0.5) is 0 Å². The lowest BCUT2D eigenvalue weighted by Gasteiger charge is -2.03. The van der Waals surface area contributed by atoms with E-state index in [2.05, 4.69) is 0 Å². The highest BCUT2D eigenvalue weighted by Gasteiger charge is 2.38. The van der Waals surface area contributed by atoms with Crippen LogP contribution < -0.4 is 0 Å². The van der Waals surface area contributed by atoms with Gasteiger partial charge in [0.15, 0.2) is 6.40 Å². The van der Waals surface area contributed by atoms with Crippen molar-refractivity contribution in [1.82, 2.24) is 0 Å². The maximum Gasteiger partial charge on any atom is 0.167 e. The van der Waals surface area contributed by atoms with Crippen LogP contribution >= 0.6 is 0 Å². The topological polar surface area (TPSA) is 33.1 Å². The standard InChI is InChI=1S/C5H9NO/c1-5(2-3-5)7-4-6/h4,6H,2-3H2,1H3. The van der Waals surface area contributed by atoms with Crippen LogP contribution in [0.1, 0.15) is 19.8 Å². The van der Waals surface area contributed by atoms with Crippen LogP contribution in [0.15, 0.2) is 0 Å². The lowest BCUT2D eigenvalue weighted by molar-refractivity contribution is 0.196. The molecule has 0 atom stereocenters. The molecular formula is C5H9NO. The minimum Gasteiger partial charge on any atom is -0.478 e. The van der Waals surface area contributed by atoms with Crippen molar-refractivity contribution in [1.29, 1.82) is 5.41 Å². The first-order valence-corrected chi connectivity index (χ1v) is 2.44. The van der Waals surface area contributed by atoms with Crippen molar-refractivity contribution in [2.24, 2.45) is 0 Å². The van der Waals surface area contributed by atoms with Gasteiger partial charge in [-0.2, -0.15) is 0 Å². The normalized spacial score (nSPS) is 23.6. The predicted octanol–water partition coefficient (Wildman–Crippen LogP) is 1.16. The molecule has 40 valence electrons. The molecule has 2 heteroatoms. The van der Waals surface area contributed by atoms with Gasteiger partial charge in [0.1, 0.15) is 5.60 Å². The lowest BCUT2D eigenvalue weighted by atomic mass is 10.4. The highest BCUT2D eigenvalue weighted by atomic mass is 16.5. The second kappa shape index (κ2) is 1.22. The summed E-state index contributed by atoms with van der Waals surface area (Å²) >= 11 is 0. The van der Waals surface area contributed by atoms with E-state index in [0.717, 1.165) is 19.2 Å². The highest BCUT2D eigenvalue weighted by Crippen LogP contribution is 2.37. The predicted molar refractivity (Wildman–Crippen MR) is 27.5 cm³/mol. The Hall–Kier alpha value is -0.530. The molecule has 0 aliphatic heterocycles. The van der Waals surface area contributed by atoms with Gasteiger partial charge in [-0.15, -0.1) is 0 Å². The van der Waals surface area contributed by atoms with Crippen molar-refractivity contribution in [3.8, 4) is 0 Å². The molecule has 0 heterocycles. The Balaban J connectivity index is 2.25. The quantitative estimate of drug-likeness (QED) is 0.409. The van der Waals surface area contributed by atoms with Gasteiger partial charge in [0.25, 0.3) is 0 Å². The van der Waals surface area contributed by atoms with E-state index in [0.29, 0.717) is 0 Å². The number of rotatable bonds is 2. The van der Waals surface area contributed by atoms with E-state index in [-0.39, 0.29) is 5.60 Å². The van der Waals surface area contributed by atoms with Crippen molar-refractivity contribution in [3.63, 3.8) is 0 Å². The third-order valence-corrected chi connectivity index (χ3v) is 1.30. The van der Waals surface area contributed by atoms with Crippen LogP contribution in [0.5, 0.6) is 0 Å². The number of hydrogen-bond donors (Lipinski definition) is 1. The van der Waals surface area contributed by atoms with Gasteiger partial charge < -0.3 is 4.74 Å². The Labute approximate surface area is 43.0 Å². The van der Waals surface area contributed by atoms with Crippen molar-refractivity contribution < 1.29 is 4.74 Å². The molecule has 0 saturated heterocycles. The minimum atomic E-state index is 0.0573. The van der Waals surface area contributed by atoms with E-state index < -0.39 is 0 Å². The molecule has 0 bridgehead atoms. The Morgan fingerprint density at radius 2 is 2.29 bits per heavy atom. The second-order valence-electron chi connectivity index (χ2n) is 2.19. The first kappa shape index (κ1) is 4.62. The molecule has 1 aliphatic rings. The van der Waals surface area contributed by atoms with E-state index in [1.165, 1.54) is 0 Å². The molecule has 1 aliphatic carbocycles. The van der Waals surface area contributed by atoms with Gasteiger partial charge in [-0.25, -0.2) is 0 Å². The Morgan fingerprint density at radius 3 is 2.43 bits per heavy atom. The summed E-state index contributed by atoms with van der Waals surface area (Å²) in [7, 11) is 0. The summed E-state index contributed by atoms with van der Waals surface area (Å²) in [6.45, 7) is 2.01. The summed E-state index contributed by atoms with van der Waals surface area (Å²) in [4.78, 5) is 0. The van der Waals surface area contributed by atoms with E-state index in [9.17, 15) is 0 Å². The van der Waals surface area contributed by atoms with E-state index in [1.807, 2.05) is 6.92 Å². The Morgan fingerprint density at radius 1 is 1.71 bits per heavy atom. The molecule has 0 aromatic heterocycles. The van der Waals surface area contributed by atoms with Crippen LogP contribution in [-0.4, -0.2) is 12.0 Å². The molecular weight excluding hydrogens is 90.1 g/mol. The smallest absolute Gasteiger partial charge is 0.167 e. The summed E-state index contributed by atoms with van der Waals surface area (Å²) in [5.74, 6) is 0. The van der Waals surface area contributed by atoms with Crippen molar-refractivity contribution in [2.45, 2.75) is 25.4 Å². The lowest BCUT2D eigenvalue weighted by Crippen LogP contribution is -2.04. The maximum atomic E-state index is 6.55. The first-order chi connectivity index (χ1) is 3.27. The van der Waals surface area contributed by atoms with E-state index in [4.69, 9.17) is 10.1 Å². The zero-order valence-electron chi connectivity index (χ0n) is 4.40. The van der Waals surface area contributed by atoms with Gasteiger partial charge in [0.05, 0.1) is 0 Å². The number of ether oxygens (including phenoxy) is 1. The molecule has 0 amide bonds. The van der Waals surface area contributed by atoms with Crippen LogP contribution in [0.3, 0.4) is 0 Å². The molecule has 0 unspecified atom stereocenters. The van der Waals surface area contributed by atoms with Gasteiger partial charge in [-0.1, -0.05) is 0 Å². The Kier molecular flexibility index (Phi) is 0.805. The fourth-order valence-corrected chi connectivity index (χ4v) is 0.436. The van der Waals surface area contributed by atoms with Crippen LogP contribution in [0, 0.1) is 5.41 Å². The molecule has 7 heavy (non-hydrogen) atoms. The van der Waals surface area contributed by atoms with E-state index >= 15 is 0 Å². The molecule has 1 N–H and O–H groups in total. The average Bonchev–Trinajstić information content (AvgIpc) is 2.22. The summed E-state index contributed by atoms with van der Waals surface area (Å²) in [5, 5.41) is 6.55. The Bertz CT molecular complexity index is 86.1. The van der Waals surface area contributed by atoms with Crippen LogP contribution in [0.25, 0.3) is 0 Å². The fraction of sp³-hybridized carbons (Fsp3) is 0.800. The average molecular weight is 99.1 g/mol. The summed E-state index contributed by atoms with van der Waals surface area (Å²) in [6.07, 6.45) is 3.25. The first-order valence-electron chi connectivity index (χ1n) is 2.44. The molecule has 1 rings (SSSR count). The van der Waals surface area contributed by atoms with Crippen molar-refractivity contribution in [2.75, 3.05) is 0 Å². The molecule has 0 spiro atoms. The SMILES string of the molecule is CC1(OC=N)CC1. The molecule has 2 nitrogen and oxygen atoms in total. The van der Waals surface area contributed by atoms with Crippen molar-refractivity contribution >= 4 is 6.40 Å². The zero-order valence-corrected chi connectivity index (χ0v) is 4.40. The zero-order chi connectivity index (χ0) is 5.33. The molecule has 1 fully saturated rings. The third-order valence-electron chi connectivity index (χ3n) is 1.30. The van der Waals surface area contributed by atoms with Gasteiger partial charge in [0.2, 0.25) is 0 Å². The van der Waals surface area contributed by atoms with Crippen LogP contribution in [0.2, 0.25) is 0 Å². The van der Waals surface area contributed by atoms with Gasteiger partial charge in [0, 0.05) is 0 Å². The van der Waals surface area contributed by atoms with Gasteiger partial charge >= 0.3 is 0 Å².